The number of likely N-dealkylation sites (tertiary alicyclic amines) is 1. The number of aliphatic carboxylic acids is 1. The van der Waals surface area contributed by atoms with E-state index in [1.54, 1.807) is 0 Å². The molecule has 0 radical (unpaired) electrons. The number of unbranched alkanes of at least 4 members (excludes halogenated alkanes) is 1. The smallest absolute Gasteiger partial charge is 0.320 e. The molecule has 2 atom stereocenters. The van der Waals surface area contributed by atoms with Gasteiger partial charge < -0.3 is 5.11 Å². The van der Waals surface area contributed by atoms with Gasteiger partial charge in [0, 0.05) is 6.54 Å². The van der Waals surface area contributed by atoms with Crippen molar-refractivity contribution >= 4 is 5.97 Å². The highest BCUT2D eigenvalue weighted by atomic mass is 16.4. The summed E-state index contributed by atoms with van der Waals surface area (Å²) in [6.45, 7) is 6.24. The molecule has 1 saturated heterocycles. The number of carboxylic acids is 1. The van der Waals surface area contributed by atoms with E-state index in [0.717, 1.165) is 38.8 Å². The molecule has 0 bridgehead atoms. The summed E-state index contributed by atoms with van der Waals surface area (Å²) >= 11 is 0. The van der Waals surface area contributed by atoms with Gasteiger partial charge in [0.25, 0.3) is 0 Å². The molecular formula is C12H23NO2. The van der Waals surface area contributed by atoms with E-state index >= 15 is 0 Å². The molecule has 0 aromatic rings. The highest BCUT2D eigenvalue weighted by molar-refractivity contribution is 5.73. The first kappa shape index (κ1) is 12.5. The molecule has 1 rings (SSSR count). The molecule has 15 heavy (non-hydrogen) atoms. The lowest BCUT2D eigenvalue weighted by molar-refractivity contribution is -0.144. The molecular weight excluding hydrogens is 190 g/mol. The van der Waals surface area contributed by atoms with E-state index in [1.807, 2.05) is 0 Å². The molecule has 0 aliphatic carbocycles. The predicted molar refractivity (Wildman–Crippen MR) is 60.9 cm³/mol. The fourth-order valence-electron chi connectivity index (χ4n) is 2.37. The number of hydrogen-bond acceptors (Lipinski definition) is 2. The zero-order valence-corrected chi connectivity index (χ0v) is 9.91. The van der Waals surface area contributed by atoms with E-state index in [4.69, 9.17) is 0 Å². The Balaban J connectivity index is 2.50. The number of carbonyl (C=O) groups is 1. The lowest BCUT2D eigenvalue weighted by Crippen LogP contribution is -2.46. The van der Waals surface area contributed by atoms with Gasteiger partial charge in [-0.3, -0.25) is 9.69 Å². The third-order valence-electron chi connectivity index (χ3n) is 3.25. The Hall–Kier alpha value is -0.570. The van der Waals surface area contributed by atoms with Crippen LogP contribution in [0.5, 0.6) is 0 Å². The van der Waals surface area contributed by atoms with Crippen molar-refractivity contribution in [1.82, 2.24) is 4.90 Å². The molecule has 0 saturated carbocycles. The van der Waals surface area contributed by atoms with Crippen LogP contribution in [0.2, 0.25) is 0 Å². The molecule has 1 aliphatic heterocycles. The standard InChI is InChI=1S/C12H23NO2/c1-3-4-7-11(12(14)15)13-8-5-6-10(2)9-13/h10-11H,3-9H2,1-2H3,(H,14,15). The highest BCUT2D eigenvalue weighted by Gasteiger charge is 2.28. The minimum atomic E-state index is -0.641. The van der Waals surface area contributed by atoms with E-state index in [9.17, 15) is 9.90 Å². The summed E-state index contributed by atoms with van der Waals surface area (Å²) in [6.07, 6.45) is 5.29. The normalized spacial score (nSPS) is 25.1. The van der Waals surface area contributed by atoms with Crippen LogP contribution >= 0.6 is 0 Å². The van der Waals surface area contributed by atoms with Crippen LogP contribution in [0, 0.1) is 5.92 Å². The van der Waals surface area contributed by atoms with Gasteiger partial charge in [0.1, 0.15) is 6.04 Å². The predicted octanol–water partition coefficient (Wildman–Crippen LogP) is 2.36. The quantitative estimate of drug-likeness (QED) is 0.762. The van der Waals surface area contributed by atoms with Crippen LogP contribution < -0.4 is 0 Å². The van der Waals surface area contributed by atoms with Crippen molar-refractivity contribution in [3.8, 4) is 0 Å². The summed E-state index contributed by atoms with van der Waals surface area (Å²) in [6, 6.07) is -0.243. The van der Waals surface area contributed by atoms with Gasteiger partial charge in [-0.2, -0.15) is 0 Å². The summed E-state index contributed by atoms with van der Waals surface area (Å²) in [5.74, 6) is 0.0137. The fourth-order valence-corrected chi connectivity index (χ4v) is 2.37. The zero-order chi connectivity index (χ0) is 11.3. The number of piperidine rings is 1. The molecule has 1 heterocycles. The minimum Gasteiger partial charge on any atom is -0.480 e. The Morgan fingerprint density at radius 3 is 2.87 bits per heavy atom. The SMILES string of the molecule is CCCCC(C(=O)O)N1CCCC(C)C1. The highest BCUT2D eigenvalue weighted by Crippen LogP contribution is 2.20. The third kappa shape index (κ3) is 3.82. The van der Waals surface area contributed by atoms with Crippen molar-refractivity contribution in [2.45, 2.75) is 52.0 Å². The number of carboxylic acid groups (broad SMARTS) is 1. The molecule has 3 heteroatoms. The third-order valence-corrected chi connectivity index (χ3v) is 3.25. The van der Waals surface area contributed by atoms with Crippen LogP contribution in [-0.4, -0.2) is 35.1 Å². The maximum Gasteiger partial charge on any atom is 0.320 e. The fraction of sp³-hybridized carbons (Fsp3) is 0.917. The van der Waals surface area contributed by atoms with Crippen molar-refractivity contribution in [2.24, 2.45) is 5.92 Å². The molecule has 88 valence electrons. The average molecular weight is 213 g/mol. The van der Waals surface area contributed by atoms with Crippen LogP contribution in [0.1, 0.15) is 46.0 Å². The van der Waals surface area contributed by atoms with Crippen LogP contribution in [0.25, 0.3) is 0 Å². The van der Waals surface area contributed by atoms with E-state index in [0.29, 0.717) is 5.92 Å². The van der Waals surface area contributed by atoms with E-state index in [2.05, 4.69) is 18.7 Å². The molecule has 0 amide bonds. The van der Waals surface area contributed by atoms with Gasteiger partial charge in [0.2, 0.25) is 0 Å². The van der Waals surface area contributed by atoms with Gasteiger partial charge in [-0.1, -0.05) is 26.7 Å². The number of hydrogen-bond donors (Lipinski definition) is 1. The lowest BCUT2D eigenvalue weighted by atomic mass is 9.97. The summed E-state index contributed by atoms with van der Waals surface area (Å²) in [5.41, 5.74) is 0. The van der Waals surface area contributed by atoms with Crippen molar-refractivity contribution in [3.05, 3.63) is 0 Å². The minimum absolute atomic E-state index is 0.243. The van der Waals surface area contributed by atoms with Gasteiger partial charge in [-0.05, 0) is 31.7 Å². The monoisotopic (exact) mass is 213 g/mol. The van der Waals surface area contributed by atoms with Crippen molar-refractivity contribution in [2.75, 3.05) is 13.1 Å². The first-order valence-electron chi connectivity index (χ1n) is 6.12. The molecule has 0 aromatic heterocycles. The topological polar surface area (TPSA) is 40.5 Å². The van der Waals surface area contributed by atoms with Crippen molar-refractivity contribution < 1.29 is 9.90 Å². The van der Waals surface area contributed by atoms with Crippen molar-refractivity contribution in [1.29, 1.82) is 0 Å². The Kier molecular flexibility index (Phi) is 5.09. The maximum atomic E-state index is 11.2. The Morgan fingerprint density at radius 1 is 1.60 bits per heavy atom. The first-order valence-corrected chi connectivity index (χ1v) is 6.12. The molecule has 1 aliphatic rings. The first-order chi connectivity index (χ1) is 7.15. The van der Waals surface area contributed by atoms with Gasteiger partial charge >= 0.3 is 5.97 Å². The summed E-state index contributed by atoms with van der Waals surface area (Å²) < 4.78 is 0. The second-order valence-electron chi connectivity index (χ2n) is 4.74. The second-order valence-corrected chi connectivity index (χ2v) is 4.74. The van der Waals surface area contributed by atoms with Crippen LogP contribution in [-0.2, 0) is 4.79 Å². The van der Waals surface area contributed by atoms with E-state index in [-0.39, 0.29) is 6.04 Å². The van der Waals surface area contributed by atoms with Crippen LogP contribution in [0.3, 0.4) is 0 Å². The summed E-state index contributed by atoms with van der Waals surface area (Å²) in [5, 5.41) is 9.20. The molecule has 2 unspecified atom stereocenters. The zero-order valence-electron chi connectivity index (χ0n) is 9.91. The van der Waals surface area contributed by atoms with Gasteiger partial charge in [-0.25, -0.2) is 0 Å². The Morgan fingerprint density at radius 2 is 2.33 bits per heavy atom. The second kappa shape index (κ2) is 6.11. The van der Waals surface area contributed by atoms with Crippen molar-refractivity contribution in [3.63, 3.8) is 0 Å². The Bertz CT molecular complexity index is 206. The summed E-state index contributed by atoms with van der Waals surface area (Å²) in [7, 11) is 0. The van der Waals surface area contributed by atoms with Gasteiger partial charge in [0.15, 0.2) is 0 Å². The molecule has 0 spiro atoms. The lowest BCUT2D eigenvalue weighted by Gasteiger charge is -2.35. The number of nitrogens with zero attached hydrogens (tertiary/aromatic N) is 1. The molecule has 3 nitrogen and oxygen atoms in total. The Labute approximate surface area is 92.5 Å². The largest absolute Gasteiger partial charge is 0.480 e. The van der Waals surface area contributed by atoms with E-state index < -0.39 is 5.97 Å². The van der Waals surface area contributed by atoms with Gasteiger partial charge in [-0.15, -0.1) is 0 Å². The molecule has 0 aromatic carbocycles. The van der Waals surface area contributed by atoms with Gasteiger partial charge in [0.05, 0.1) is 0 Å². The summed E-state index contributed by atoms with van der Waals surface area (Å²) in [4.78, 5) is 13.3. The number of rotatable bonds is 5. The maximum absolute atomic E-state index is 11.2. The average Bonchev–Trinajstić information content (AvgIpc) is 2.18. The van der Waals surface area contributed by atoms with Crippen LogP contribution in [0.4, 0.5) is 0 Å². The van der Waals surface area contributed by atoms with Crippen LogP contribution in [0.15, 0.2) is 0 Å². The van der Waals surface area contributed by atoms with E-state index in [1.165, 1.54) is 6.42 Å². The molecule has 1 fully saturated rings. The molecule has 1 N–H and O–H groups in total.